The van der Waals surface area contributed by atoms with Crippen LogP contribution in [-0.2, 0) is 4.74 Å². The van der Waals surface area contributed by atoms with Crippen LogP contribution in [-0.4, -0.2) is 50.4 Å². The van der Waals surface area contributed by atoms with Gasteiger partial charge in [0.1, 0.15) is 0 Å². The molecule has 3 nitrogen and oxygen atoms in total. The molecule has 0 amide bonds. The Morgan fingerprint density at radius 2 is 1.44 bits per heavy atom. The van der Waals surface area contributed by atoms with Crippen LogP contribution >= 0.6 is 0 Å². The molecule has 1 rings (SSSR count). The van der Waals surface area contributed by atoms with Gasteiger partial charge in [0.25, 0.3) is 0 Å². The van der Waals surface area contributed by atoms with Gasteiger partial charge in [-0.15, -0.1) is 0 Å². The lowest BCUT2D eigenvalue weighted by Crippen LogP contribution is -2.37. The van der Waals surface area contributed by atoms with Gasteiger partial charge in [0, 0.05) is 27.2 Å². The molecule has 0 radical (unpaired) electrons. The first-order valence-corrected chi connectivity index (χ1v) is 3.30. The molecule has 3 heteroatoms. The van der Waals surface area contributed by atoms with Gasteiger partial charge in [-0.3, -0.25) is 0 Å². The lowest BCUT2D eigenvalue weighted by Gasteiger charge is -2.23. The molecule has 0 aromatic heterocycles. The van der Waals surface area contributed by atoms with Crippen LogP contribution in [0.5, 0.6) is 0 Å². The Labute approximate surface area is 56.2 Å². The largest absolute Gasteiger partial charge is 0.379 e. The summed E-state index contributed by atoms with van der Waals surface area (Å²) in [7, 11) is 4.16. The molecule has 0 aromatic rings. The van der Waals surface area contributed by atoms with Crippen LogP contribution in [0.1, 0.15) is 0 Å². The highest BCUT2D eigenvalue weighted by Crippen LogP contribution is 1.94. The summed E-state index contributed by atoms with van der Waals surface area (Å²) in [5.74, 6) is 0. The Kier molecular flexibility index (Phi) is 2.45. The minimum absolute atomic E-state index is 0.862. The van der Waals surface area contributed by atoms with Crippen LogP contribution < -0.4 is 0 Å². The van der Waals surface area contributed by atoms with E-state index < -0.39 is 0 Å². The van der Waals surface area contributed by atoms with Gasteiger partial charge in [0.15, 0.2) is 0 Å². The third kappa shape index (κ3) is 1.93. The smallest absolute Gasteiger partial charge is 0.0608 e. The van der Waals surface area contributed by atoms with Gasteiger partial charge in [-0.05, 0) is 0 Å². The molecule has 54 valence electrons. The Bertz CT molecular complexity index is 77.1. The van der Waals surface area contributed by atoms with Crippen molar-refractivity contribution in [3.63, 3.8) is 0 Å². The lowest BCUT2D eigenvalue weighted by molar-refractivity contribution is 0.0439. The second-order valence-electron chi connectivity index (χ2n) is 2.37. The van der Waals surface area contributed by atoms with E-state index in [1.54, 1.807) is 0 Å². The number of nitrogens with zero attached hydrogens (tertiary/aromatic N) is 2. The average Bonchev–Trinajstić information content (AvgIpc) is 1.99. The number of hydrogen-bond donors (Lipinski definition) is 0. The first-order chi connectivity index (χ1) is 4.30. The molecule has 0 aliphatic carbocycles. The Morgan fingerprint density at radius 3 is 1.89 bits per heavy atom. The Morgan fingerprint density at radius 1 is 1.00 bits per heavy atom. The van der Waals surface area contributed by atoms with Crippen LogP contribution in [0.25, 0.3) is 0 Å². The Balaban J connectivity index is 2.32. The van der Waals surface area contributed by atoms with Crippen LogP contribution in [0.2, 0.25) is 0 Å². The third-order valence-corrected chi connectivity index (χ3v) is 1.70. The van der Waals surface area contributed by atoms with E-state index in [1.807, 2.05) is 0 Å². The van der Waals surface area contributed by atoms with Crippen molar-refractivity contribution < 1.29 is 4.74 Å². The maximum absolute atomic E-state index is 5.25. The summed E-state index contributed by atoms with van der Waals surface area (Å²) in [6.45, 7) is 3.74. The monoisotopic (exact) mass is 130 g/mol. The molecule has 1 fully saturated rings. The quantitative estimate of drug-likeness (QED) is 0.451. The molecule has 0 saturated carbocycles. The molecular weight excluding hydrogens is 116 g/mol. The summed E-state index contributed by atoms with van der Waals surface area (Å²) in [4.78, 5) is 0. The van der Waals surface area contributed by atoms with Crippen molar-refractivity contribution >= 4 is 0 Å². The van der Waals surface area contributed by atoms with Crippen LogP contribution in [0.15, 0.2) is 0 Å². The van der Waals surface area contributed by atoms with Crippen LogP contribution in [0.4, 0.5) is 0 Å². The van der Waals surface area contributed by atoms with Crippen molar-refractivity contribution in [3.05, 3.63) is 0 Å². The second-order valence-corrected chi connectivity index (χ2v) is 2.37. The predicted molar refractivity (Wildman–Crippen MR) is 36.1 cm³/mol. The maximum atomic E-state index is 5.25. The van der Waals surface area contributed by atoms with Gasteiger partial charge in [0.05, 0.1) is 13.2 Å². The van der Waals surface area contributed by atoms with E-state index in [1.165, 1.54) is 0 Å². The molecule has 9 heavy (non-hydrogen) atoms. The molecule has 0 bridgehead atoms. The van der Waals surface area contributed by atoms with E-state index in [0.717, 1.165) is 26.3 Å². The summed E-state index contributed by atoms with van der Waals surface area (Å²) >= 11 is 0. The second kappa shape index (κ2) is 3.15. The summed E-state index contributed by atoms with van der Waals surface area (Å²) in [6, 6.07) is 0. The molecule has 0 spiro atoms. The molecule has 1 heterocycles. The normalized spacial score (nSPS) is 26.0. The number of likely N-dealkylation sites (N-methyl/N-ethyl adjacent to an activating group) is 2. The van der Waals surface area contributed by atoms with E-state index in [-0.39, 0.29) is 0 Å². The predicted octanol–water partition coefficient (Wildman–Crippen LogP) is -0.205. The summed E-state index contributed by atoms with van der Waals surface area (Å²) in [5.41, 5.74) is 0. The van der Waals surface area contributed by atoms with E-state index in [0.29, 0.717) is 0 Å². The molecule has 1 saturated heterocycles. The third-order valence-electron chi connectivity index (χ3n) is 1.70. The number of hydrogen-bond acceptors (Lipinski definition) is 3. The zero-order valence-electron chi connectivity index (χ0n) is 6.13. The van der Waals surface area contributed by atoms with Crippen molar-refractivity contribution in [1.29, 1.82) is 0 Å². The van der Waals surface area contributed by atoms with Gasteiger partial charge >= 0.3 is 0 Å². The van der Waals surface area contributed by atoms with Crippen molar-refractivity contribution in [1.82, 2.24) is 10.0 Å². The molecule has 1 aliphatic rings. The van der Waals surface area contributed by atoms with E-state index in [2.05, 4.69) is 24.1 Å². The molecular formula is C6H14N2O. The fourth-order valence-corrected chi connectivity index (χ4v) is 0.837. The molecule has 0 atom stereocenters. The number of hydrazine groups is 1. The van der Waals surface area contributed by atoms with E-state index in [4.69, 9.17) is 4.74 Å². The fourth-order valence-electron chi connectivity index (χ4n) is 0.837. The first-order valence-electron chi connectivity index (χ1n) is 3.30. The van der Waals surface area contributed by atoms with Crippen LogP contribution in [0.3, 0.4) is 0 Å². The standard InChI is InChI=1S/C6H14N2O/c1-7-3-5-9-6-4-8(7)2/h3-6H2,1-2H3. The average molecular weight is 130 g/mol. The molecule has 0 unspecified atom stereocenters. The fraction of sp³-hybridized carbons (Fsp3) is 1.00. The number of rotatable bonds is 0. The summed E-state index contributed by atoms with van der Waals surface area (Å²) in [5, 5.41) is 4.35. The van der Waals surface area contributed by atoms with E-state index >= 15 is 0 Å². The minimum Gasteiger partial charge on any atom is -0.379 e. The van der Waals surface area contributed by atoms with Crippen molar-refractivity contribution in [2.24, 2.45) is 0 Å². The van der Waals surface area contributed by atoms with Gasteiger partial charge in [-0.25, -0.2) is 10.0 Å². The SMILES string of the molecule is CN1CCOCCN1C. The van der Waals surface area contributed by atoms with Gasteiger partial charge in [0.2, 0.25) is 0 Å². The van der Waals surface area contributed by atoms with Gasteiger partial charge in [-0.1, -0.05) is 0 Å². The number of ether oxygens (including phenoxy) is 1. The topological polar surface area (TPSA) is 15.7 Å². The lowest BCUT2D eigenvalue weighted by atomic mass is 10.7. The van der Waals surface area contributed by atoms with Crippen LogP contribution in [0, 0.1) is 0 Å². The minimum atomic E-state index is 0.862. The van der Waals surface area contributed by atoms with Crippen molar-refractivity contribution in [2.45, 2.75) is 0 Å². The Hall–Kier alpha value is -0.120. The highest BCUT2D eigenvalue weighted by molar-refractivity contribution is 4.52. The van der Waals surface area contributed by atoms with Crippen molar-refractivity contribution in [2.75, 3.05) is 40.4 Å². The van der Waals surface area contributed by atoms with Crippen molar-refractivity contribution in [3.8, 4) is 0 Å². The molecule has 0 N–H and O–H groups in total. The summed E-state index contributed by atoms with van der Waals surface area (Å²) in [6.07, 6.45) is 0. The molecule has 0 aromatic carbocycles. The highest BCUT2D eigenvalue weighted by Gasteiger charge is 2.08. The maximum Gasteiger partial charge on any atom is 0.0608 e. The zero-order valence-corrected chi connectivity index (χ0v) is 6.13. The summed E-state index contributed by atoms with van der Waals surface area (Å²) < 4.78 is 5.25. The van der Waals surface area contributed by atoms with Gasteiger partial charge in [-0.2, -0.15) is 0 Å². The highest BCUT2D eigenvalue weighted by atomic mass is 16.5. The van der Waals surface area contributed by atoms with Gasteiger partial charge < -0.3 is 4.74 Å². The zero-order chi connectivity index (χ0) is 6.69. The molecule has 1 aliphatic heterocycles. The van der Waals surface area contributed by atoms with E-state index in [9.17, 15) is 0 Å². The first kappa shape index (κ1) is 6.99.